The van der Waals surface area contributed by atoms with Crippen LogP contribution in [0.2, 0.25) is 0 Å². The number of piperazine rings is 1. The third-order valence-electron chi connectivity index (χ3n) is 6.65. The molecule has 0 atom stereocenters. The summed E-state index contributed by atoms with van der Waals surface area (Å²) in [6.45, 7) is 9.70. The summed E-state index contributed by atoms with van der Waals surface area (Å²) in [4.78, 5) is 18.0. The predicted octanol–water partition coefficient (Wildman–Crippen LogP) is 4.34. The van der Waals surface area contributed by atoms with E-state index in [4.69, 9.17) is 0 Å². The first-order valence-corrected chi connectivity index (χ1v) is 11.0. The molecule has 1 aliphatic carbocycles. The Kier molecular flexibility index (Phi) is 4.99. The van der Waals surface area contributed by atoms with Crippen LogP contribution in [0.25, 0.3) is 5.52 Å². The number of rotatable bonds is 5. The number of benzene rings is 1. The summed E-state index contributed by atoms with van der Waals surface area (Å²) in [6, 6.07) is 14.3. The van der Waals surface area contributed by atoms with Gasteiger partial charge in [-0.3, -0.25) is 9.69 Å². The van der Waals surface area contributed by atoms with Gasteiger partial charge in [-0.25, -0.2) is 0 Å². The zero-order chi connectivity index (χ0) is 20.7. The molecule has 3 heterocycles. The SMILES string of the molecule is Cc1cccc(NC(=O)c2ccc3ccc(N4CCN(CC5CC5)CC4)n3c2)c1C. The van der Waals surface area contributed by atoms with E-state index in [2.05, 4.69) is 44.6 Å². The molecule has 1 saturated carbocycles. The highest BCUT2D eigenvalue weighted by molar-refractivity contribution is 6.04. The number of nitrogens with zero attached hydrogens (tertiary/aromatic N) is 3. The molecule has 5 heteroatoms. The van der Waals surface area contributed by atoms with Crippen LogP contribution in [0.3, 0.4) is 0 Å². The van der Waals surface area contributed by atoms with Crippen molar-refractivity contribution in [3.05, 3.63) is 65.4 Å². The molecule has 30 heavy (non-hydrogen) atoms. The van der Waals surface area contributed by atoms with E-state index in [1.165, 1.54) is 30.8 Å². The van der Waals surface area contributed by atoms with Gasteiger partial charge in [-0.1, -0.05) is 12.1 Å². The first-order valence-electron chi connectivity index (χ1n) is 11.0. The minimum atomic E-state index is -0.0699. The summed E-state index contributed by atoms with van der Waals surface area (Å²) in [5, 5.41) is 3.08. The van der Waals surface area contributed by atoms with Crippen molar-refractivity contribution in [2.75, 3.05) is 42.9 Å². The number of amides is 1. The van der Waals surface area contributed by atoms with E-state index in [1.54, 1.807) is 0 Å². The van der Waals surface area contributed by atoms with E-state index in [0.29, 0.717) is 5.56 Å². The number of aryl methyl sites for hydroxylation is 1. The number of anilines is 2. The fourth-order valence-electron chi connectivity index (χ4n) is 4.38. The average molecular weight is 403 g/mol. The van der Waals surface area contributed by atoms with Gasteiger partial charge in [-0.15, -0.1) is 0 Å². The fraction of sp³-hybridized carbons (Fsp3) is 0.400. The van der Waals surface area contributed by atoms with E-state index in [9.17, 15) is 4.79 Å². The van der Waals surface area contributed by atoms with Crippen molar-refractivity contribution in [1.29, 1.82) is 0 Å². The van der Waals surface area contributed by atoms with Crippen molar-refractivity contribution in [1.82, 2.24) is 9.30 Å². The van der Waals surface area contributed by atoms with Crippen molar-refractivity contribution in [3.8, 4) is 0 Å². The van der Waals surface area contributed by atoms with Gasteiger partial charge in [0.2, 0.25) is 0 Å². The quantitative estimate of drug-likeness (QED) is 0.690. The second kappa shape index (κ2) is 7.80. The van der Waals surface area contributed by atoms with Crippen LogP contribution in [0, 0.1) is 19.8 Å². The molecule has 1 amide bonds. The number of aromatic nitrogens is 1. The van der Waals surface area contributed by atoms with Crippen molar-refractivity contribution in [2.45, 2.75) is 26.7 Å². The Balaban J connectivity index is 1.34. The predicted molar refractivity (Wildman–Crippen MR) is 123 cm³/mol. The first-order chi connectivity index (χ1) is 14.6. The van der Waals surface area contributed by atoms with E-state index in [0.717, 1.165) is 48.9 Å². The van der Waals surface area contributed by atoms with Crippen LogP contribution in [-0.2, 0) is 0 Å². The maximum atomic E-state index is 12.9. The van der Waals surface area contributed by atoms with Crippen LogP contribution >= 0.6 is 0 Å². The number of fused-ring (bicyclic) bond motifs is 1. The maximum absolute atomic E-state index is 12.9. The van der Waals surface area contributed by atoms with Gasteiger partial charge in [0, 0.05) is 50.1 Å². The van der Waals surface area contributed by atoms with E-state index >= 15 is 0 Å². The summed E-state index contributed by atoms with van der Waals surface area (Å²) >= 11 is 0. The lowest BCUT2D eigenvalue weighted by atomic mass is 10.1. The molecule has 3 aromatic rings. The van der Waals surface area contributed by atoms with Gasteiger partial charge in [0.15, 0.2) is 0 Å². The molecule has 156 valence electrons. The van der Waals surface area contributed by atoms with Gasteiger partial charge >= 0.3 is 0 Å². The van der Waals surface area contributed by atoms with Crippen molar-refractivity contribution in [2.24, 2.45) is 5.92 Å². The highest BCUT2D eigenvalue weighted by atomic mass is 16.1. The smallest absolute Gasteiger partial charge is 0.257 e. The van der Waals surface area contributed by atoms with Crippen molar-refractivity contribution < 1.29 is 4.79 Å². The Morgan fingerprint density at radius 2 is 1.77 bits per heavy atom. The molecule has 1 saturated heterocycles. The number of hydrogen-bond acceptors (Lipinski definition) is 3. The van der Waals surface area contributed by atoms with Crippen LogP contribution in [0.1, 0.15) is 34.3 Å². The van der Waals surface area contributed by atoms with Crippen LogP contribution in [0.5, 0.6) is 0 Å². The zero-order valence-electron chi connectivity index (χ0n) is 17.9. The van der Waals surface area contributed by atoms with E-state index in [-0.39, 0.29) is 5.91 Å². The monoisotopic (exact) mass is 402 g/mol. The molecule has 0 unspecified atom stereocenters. The molecule has 0 radical (unpaired) electrons. The molecular weight excluding hydrogens is 372 g/mol. The second-order valence-corrected chi connectivity index (χ2v) is 8.84. The maximum Gasteiger partial charge on any atom is 0.257 e. The molecule has 2 aliphatic rings. The lowest BCUT2D eigenvalue weighted by Gasteiger charge is -2.35. The van der Waals surface area contributed by atoms with Gasteiger partial charge in [0.1, 0.15) is 5.82 Å². The van der Waals surface area contributed by atoms with Crippen molar-refractivity contribution >= 4 is 22.9 Å². The molecule has 5 nitrogen and oxygen atoms in total. The minimum absolute atomic E-state index is 0.0699. The summed E-state index contributed by atoms with van der Waals surface area (Å²) in [7, 11) is 0. The number of nitrogens with one attached hydrogen (secondary N) is 1. The Labute approximate surface area is 178 Å². The lowest BCUT2D eigenvalue weighted by molar-refractivity contribution is 0.102. The second-order valence-electron chi connectivity index (χ2n) is 8.84. The third-order valence-corrected chi connectivity index (χ3v) is 6.65. The molecule has 5 rings (SSSR count). The van der Waals surface area contributed by atoms with Crippen LogP contribution < -0.4 is 10.2 Å². The average Bonchev–Trinajstić information content (AvgIpc) is 3.47. The molecule has 2 aromatic heterocycles. The first kappa shape index (κ1) is 19.2. The van der Waals surface area contributed by atoms with Crippen LogP contribution in [0.4, 0.5) is 11.5 Å². The Bertz CT molecular complexity index is 1070. The van der Waals surface area contributed by atoms with Gasteiger partial charge in [-0.05, 0) is 74.1 Å². The minimum Gasteiger partial charge on any atom is -0.355 e. The summed E-state index contributed by atoms with van der Waals surface area (Å²) in [6.07, 6.45) is 4.80. The van der Waals surface area contributed by atoms with Crippen LogP contribution in [-0.4, -0.2) is 47.9 Å². The number of carbonyl (C=O) groups is 1. The summed E-state index contributed by atoms with van der Waals surface area (Å²) in [5.74, 6) is 2.06. The topological polar surface area (TPSA) is 40.0 Å². The molecule has 1 aromatic carbocycles. The Morgan fingerprint density at radius 1 is 1.00 bits per heavy atom. The fourth-order valence-corrected chi connectivity index (χ4v) is 4.38. The number of carbonyl (C=O) groups excluding carboxylic acids is 1. The molecule has 1 aliphatic heterocycles. The number of pyridine rings is 1. The molecular formula is C25H30N4O. The molecule has 0 bridgehead atoms. The normalized spacial score (nSPS) is 17.5. The van der Waals surface area contributed by atoms with Crippen molar-refractivity contribution in [3.63, 3.8) is 0 Å². The highest BCUT2D eigenvalue weighted by Crippen LogP contribution is 2.30. The van der Waals surface area contributed by atoms with E-state index in [1.807, 2.05) is 37.4 Å². The molecule has 2 fully saturated rings. The number of hydrogen-bond donors (Lipinski definition) is 1. The van der Waals surface area contributed by atoms with Gasteiger partial charge in [-0.2, -0.15) is 0 Å². The van der Waals surface area contributed by atoms with Gasteiger partial charge in [0.05, 0.1) is 5.56 Å². The molecule has 0 spiro atoms. The summed E-state index contributed by atoms with van der Waals surface area (Å²) < 4.78 is 2.16. The zero-order valence-corrected chi connectivity index (χ0v) is 17.9. The highest BCUT2D eigenvalue weighted by Gasteiger charge is 2.27. The summed E-state index contributed by atoms with van der Waals surface area (Å²) in [5.41, 5.74) is 4.95. The van der Waals surface area contributed by atoms with Gasteiger partial charge < -0.3 is 14.6 Å². The van der Waals surface area contributed by atoms with Gasteiger partial charge in [0.25, 0.3) is 5.91 Å². The Morgan fingerprint density at radius 3 is 2.53 bits per heavy atom. The standard InChI is InChI=1S/C25H30N4O/c1-18-4-3-5-23(19(18)2)26-25(30)21-8-9-22-10-11-24(29(22)17-21)28-14-12-27(13-15-28)16-20-6-7-20/h3-5,8-11,17,20H,6-7,12-16H2,1-2H3,(H,26,30). The Hall–Kier alpha value is -2.79. The largest absolute Gasteiger partial charge is 0.355 e. The van der Waals surface area contributed by atoms with Crippen LogP contribution in [0.15, 0.2) is 48.7 Å². The molecule has 1 N–H and O–H groups in total. The third kappa shape index (κ3) is 3.82. The van der Waals surface area contributed by atoms with E-state index < -0.39 is 0 Å². The lowest BCUT2D eigenvalue weighted by Crippen LogP contribution is -2.47.